The molecule has 24 heavy (non-hydrogen) atoms. The summed E-state index contributed by atoms with van der Waals surface area (Å²) in [4.78, 5) is 0. The summed E-state index contributed by atoms with van der Waals surface area (Å²) in [5, 5.41) is 9.12. The van der Waals surface area contributed by atoms with Crippen LogP contribution in [-0.4, -0.2) is 10.2 Å². The van der Waals surface area contributed by atoms with Crippen LogP contribution in [0.2, 0.25) is 5.02 Å². The molecular formula is C20H19ClN2O. The van der Waals surface area contributed by atoms with Crippen LogP contribution in [-0.2, 0) is 0 Å². The molecule has 4 rings (SSSR count). The van der Waals surface area contributed by atoms with Gasteiger partial charge in [-0.25, -0.2) is 0 Å². The van der Waals surface area contributed by atoms with Gasteiger partial charge in [0.1, 0.15) is 0 Å². The third-order valence-electron chi connectivity index (χ3n) is 4.89. The predicted octanol–water partition coefficient (Wildman–Crippen LogP) is 5.83. The maximum absolute atomic E-state index is 6.21. The van der Waals surface area contributed by atoms with Gasteiger partial charge in [0.05, 0.1) is 10.6 Å². The molecule has 0 unspecified atom stereocenters. The lowest BCUT2D eigenvalue weighted by atomic mass is 9.79. The highest BCUT2D eigenvalue weighted by atomic mass is 35.5. The molecule has 0 saturated heterocycles. The summed E-state index contributed by atoms with van der Waals surface area (Å²) >= 11 is 6.21. The second-order valence-electron chi connectivity index (χ2n) is 6.38. The second-order valence-corrected chi connectivity index (χ2v) is 6.79. The van der Waals surface area contributed by atoms with Crippen molar-refractivity contribution in [2.45, 2.75) is 37.5 Å². The van der Waals surface area contributed by atoms with Crippen molar-refractivity contribution in [2.24, 2.45) is 0 Å². The van der Waals surface area contributed by atoms with Crippen molar-refractivity contribution in [2.75, 3.05) is 0 Å². The zero-order valence-corrected chi connectivity index (χ0v) is 14.1. The van der Waals surface area contributed by atoms with Crippen molar-refractivity contribution in [3.63, 3.8) is 0 Å². The minimum atomic E-state index is 0.355. The van der Waals surface area contributed by atoms with E-state index in [1.54, 1.807) is 0 Å². The van der Waals surface area contributed by atoms with Crippen LogP contribution in [0, 0.1) is 0 Å². The molecule has 2 aromatic carbocycles. The minimum Gasteiger partial charge on any atom is -0.420 e. The molecular weight excluding hydrogens is 320 g/mol. The Morgan fingerprint density at radius 3 is 2.21 bits per heavy atom. The van der Waals surface area contributed by atoms with Crippen molar-refractivity contribution in [1.29, 1.82) is 0 Å². The second kappa shape index (κ2) is 6.78. The Hall–Kier alpha value is -2.13. The van der Waals surface area contributed by atoms with Crippen molar-refractivity contribution < 1.29 is 4.42 Å². The summed E-state index contributed by atoms with van der Waals surface area (Å²) in [5.74, 6) is 2.26. The summed E-state index contributed by atoms with van der Waals surface area (Å²) in [6, 6.07) is 18.3. The summed E-state index contributed by atoms with van der Waals surface area (Å²) in [5.41, 5.74) is 2.24. The van der Waals surface area contributed by atoms with Crippen LogP contribution in [0.15, 0.2) is 59.0 Å². The third kappa shape index (κ3) is 3.09. The molecule has 122 valence electrons. The van der Waals surface area contributed by atoms with Gasteiger partial charge in [-0.1, -0.05) is 54.1 Å². The molecule has 1 aromatic heterocycles. The van der Waals surface area contributed by atoms with E-state index in [-0.39, 0.29) is 0 Å². The first-order valence-corrected chi connectivity index (χ1v) is 8.82. The van der Waals surface area contributed by atoms with Gasteiger partial charge in [0.15, 0.2) is 0 Å². The smallest absolute Gasteiger partial charge is 0.249 e. The molecule has 0 spiro atoms. The zero-order valence-electron chi connectivity index (χ0n) is 13.4. The van der Waals surface area contributed by atoms with Crippen molar-refractivity contribution in [3.8, 4) is 11.5 Å². The Kier molecular flexibility index (Phi) is 4.35. The average Bonchev–Trinajstić information content (AvgIpc) is 3.13. The molecule has 1 fully saturated rings. The Morgan fingerprint density at radius 1 is 0.792 bits per heavy atom. The lowest BCUT2D eigenvalue weighted by molar-refractivity contribution is 0.341. The lowest BCUT2D eigenvalue weighted by Gasteiger charge is -2.26. The molecule has 3 aromatic rings. The molecule has 0 aliphatic heterocycles. The molecule has 0 radical (unpaired) electrons. The quantitative estimate of drug-likeness (QED) is 0.603. The number of hydrogen-bond donors (Lipinski definition) is 0. The average molecular weight is 339 g/mol. The maximum Gasteiger partial charge on any atom is 0.249 e. The van der Waals surface area contributed by atoms with Gasteiger partial charge in [-0.15, -0.1) is 10.2 Å². The highest BCUT2D eigenvalue weighted by molar-refractivity contribution is 6.33. The first-order chi connectivity index (χ1) is 11.8. The van der Waals surface area contributed by atoms with Crippen molar-refractivity contribution in [3.05, 3.63) is 71.1 Å². The molecule has 0 atom stereocenters. The summed E-state index contributed by atoms with van der Waals surface area (Å²) in [6.07, 6.45) is 4.50. The fourth-order valence-corrected chi connectivity index (χ4v) is 3.76. The zero-order chi connectivity index (χ0) is 16.4. The largest absolute Gasteiger partial charge is 0.420 e. The van der Waals surface area contributed by atoms with Gasteiger partial charge in [-0.3, -0.25) is 0 Å². The van der Waals surface area contributed by atoms with Crippen LogP contribution in [0.4, 0.5) is 0 Å². The monoisotopic (exact) mass is 338 g/mol. The highest BCUT2D eigenvalue weighted by Gasteiger charge is 2.27. The maximum atomic E-state index is 6.21. The molecule has 1 aliphatic carbocycles. The SMILES string of the molecule is Clc1ccccc1-c1nnc(C2CCC(c3ccccc3)CC2)o1. The van der Waals surface area contributed by atoms with E-state index in [2.05, 4.69) is 40.5 Å². The standard InChI is InChI=1S/C20H19ClN2O/c21-18-9-5-4-8-17(18)20-23-22-19(24-20)16-12-10-15(11-13-16)14-6-2-1-3-7-14/h1-9,15-16H,10-13H2. The summed E-state index contributed by atoms with van der Waals surface area (Å²) in [6.45, 7) is 0. The van der Waals surface area contributed by atoms with Crippen LogP contribution >= 0.6 is 11.6 Å². The van der Waals surface area contributed by atoms with E-state index in [1.165, 1.54) is 18.4 Å². The van der Waals surface area contributed by atoms with E-state index in [9.17, 15) is 0 Å². The Balaban J connectivity index is 1.46. The molecule has 3 nitrogen and oxygen atoms in total. The summed E-state index contributed by atoms with van der Waals surface area (Å²) in [7, 11) is 0. The van der Waals surface area contributed by atoms with Gasteiger partial charge in [-0.05, 0) is 49.3 Å². The first kappa shape index (κ1) is 15.4. The van der Waals surface area contributed by atoms with E-state index < -0.39 is 0 Å². The fraction of sp³-hybridized carbons (Fsp3) is 0.300. The fourth-order valence-electron chi connectivity index (χ4n) is 3.54. The highest BCUT2D eigenvalue weighted by Crippen LogP contribution is 2.40. The normalized spacial score (nSPS) is 20.9. The molecule has 1 heterocycles. The molecule has 0 bridgehead atoms. The minimum absolute atomic E-state index is 0.355. The van der Waals surface area contributed by atoms with Crippen molar-refractivity contribution >= 4 is 11.6 Å². The van der Waals surface area contributed by atoms with E-state index in [1.807, 2.05) is 24.3 Å². The molecule has 0 N–H and O–H groups in total. The van der Waals surface area contributed by atoms with Gasteiger partial charge >= 0.3 is 0 Å². The van der Waals surface area contributed by atoms with Crippen molar-refractivity contribution in [1.82, 2.24) is 10.2 Å². The molecule has 1 aliphatic rings. The number of benzene rings is 2. The van der Waals surface area contributed by atoms with Crippen LogP contribution in [0.1, 0.15) is 49.0 Å². The Morgan fingerprint density at radius 2 is 1.46 bits per heavy atom. The number of aromatic nitrogens is 2. The van der Waals surface area contributed by atoms with Gasteiger partial charge < -0.3 is 4.42 Å². The number of rotatable bonds is 3. The molecule has 0 amide bonds. The van der Waals surface area contributed by atoms with Crippen LogP contribution in [0.25, 0.3) is 11.5 Å². The van der Waals surface area contributed by atoms with Gasteiger partial charge in [0.2, 0.25) is 11.8 Å². The van der Waals surface area contributed by atoms with E-state index >= 15 is 0 Å². The number of nitrogens with zero attached hydrogens (tertiary/aromatic N) is 2. The summed E-state index contributed by atoms with van der Waals surface area (Å²) < 4.78 is 5.92. The first-order valence-electron chi connectivity index (χ1n) is 8.44. The predicted molar refractivity (Wildman–Crippen MR) is 95.1 cm³/mol. The van der Waals surface area contributed by atoms with Crippen LogP contribution in [0.3, 0.4) is 0 Å². The van der Waals surface area contributed by atoms with Gasteiger partial charge in [0, 0.05) is 5.92 Å². The van der Waals surface area contributed by atoms with Crippen LogP contribution in [0.5, 0.6) is 0 Å². The molecule has 4 heteroatoms. The lowest BCUT2D eigenvalue weighted by Crippen LogP contribution is -2.12. The van der Waals surface area contributed by atoms with Crippen LogP contribution < -0.4 is 0 Å². The van der Waals surface area contributed by atoms with Gasteiger partial charge in [-0.2, -0.15) is 0 Å². The third-order valence-corrected chi connectivity index (χ3v) is 5.22. The molecule has 1 saturated carbocycles. The Bertz CT molecular complexity index is 807. The number of halogens is 1. The number of hydrogen-bond acceptors (Lipinski definition) is 3. The van der Waals surface area contributed by atoms with Gasteiger partial charge in [0.25, 0.3) is 0 Å². The Labute approximate surface area is 146 Å². The van der Waals surface area contributed by atoms with E-state index in [4.69, 9.17) is 16.0 Å². The van der Waals surface area contributed by atoms with E-state index in [0.29, 0.717) is 22.7 Å². The topological polar surface area (TPSA) is 38.9 Å². The van der Waals surface area contributed by atoms with E-state index in [0.717, 1.165) is 24.3 Å².